The van der Waals surface area contributed by atoms with Crippen LogP contribution in [0.15, 0.2) is 23.5 Å². The Morgan fingerprint density at radius 3 is 2.72 bits per heavy atom. The first-order chi connectivity index (χ1) is 8.45. The minimum Gasteiger partial charge on any atom is -0.409 e. The third-order valence-electron chi connectivity index (χ3n) is 2.14. The van der Waals surface area contributed by atoms with Gasteiger partial charge in [0.2, 0.25) is 0 Å². The first-order valence-corrected chi connectivity index (χ1v) is 4.93. The number of nitrogens with zero attached hydrogens (tertiary/aromatic N) is 3. The van der Waals surface area contributed by atoms with Crippen molar-refractivity contribution in [3.63, 3.8) is 0 Å². The summed E-state index contributed by atoms with van der Waals surface area (Å²) in [5.41, 5.74) is 5.64. The van der Waals surface area contributed by atoms with Gasteiger partial charge in [-0.05, 0) is 12.1 Å². The van der Waals surface area contributed by atoms with E-state index in [-0.39, 0.29) is 11.5 Å². The lowest BCUT2D eigenvalue weighted by Crippen LogP contribution is -2.31. The zero-order valence-corrected chi connectivity index (χ0v) is 9.55. The standard InChI is InChI=1S/C10H12F2N4O2/c1-16(5-8(11)12)10(17)7-3-2-6(4-14-7)9(13)15-18/h2-4,8,18H,5H2,1H3,(H2,13,15). The van der Waals surface area contributed by atoms with E-state index in [1.807, 2.05) is 0 Å². The van der Waals surface area contributed by atoms with Gasteiger partial charge in [-0.25, -0.2) is 8.78 Å². The Labute approximate surface area is 102 Å². The number of carbonyl (C=O) groups excluding carboxylic acids is 1. The molecule has 0 spiro atoms. The maximum Gasteiger partial charge on any atom is 0.272 e. The van der Waals surface area contributed by atoms with Crippen molar-refractivity contribution < 1.29 is 18.8 Å². The molecule has 0 radical (unpaired) electrons. The molecule has 0 bridgehead atoms. The molecule has 0 aliphatic carbocycles. The molecule has 6 nitrogen and oxygen atoms in total. The summed E-state index contributed by atoms with van der Waals surface area (Å²) < 4.78 is 24.2. The van der Waals surface area contributed by atoms with E-state index in [1.54, 1.807) is 0 Å². The van der Waals surface area contributed by atoms with E-state index in [4.69, 9.17) is 10.9 Å². The maximum absolute atomic E-state index is 12.1. The highest BCUT2D eigenvalue weighted by atomic mass is 19.3. The van der Waals surface area contributed by atoms with E-state index in [0.717, 1.165) is 4.90 Å². The largest absolute Gasteiger partial charge is 0.409 e. The van der Waals surface area contributed by atoms with Crippen molar-refractivity contribution in [3.05, 3.63) is 29.6 Å². The van der Waals surface area contributed by atoms with Gasteiger partial charge in [-0.15, -0.1) is 0 Å². The number of hydrogen-bond donors (Lipinski definition) is 2. The van der Waals surface area contributed by atoms with Gasteiger partial charge < -0.3 is 15.8 Å². The zero-order chi connectivity index (χ0) is 13.7. The second-order valence-corrected chi connectivity index (χ2v) is 3.49. The van der Waals surface area contributed by atoms with Gasteiger partial charge in [0.25, 0.3) is 12.3 Å². The number of nitrogens with two attached hydrogens (primary N) is 1. The quantitative estimate of drug-likeness (QED) is 0.356. The second-order valence-electron chi connectivity index (χ2n) is 3.49. The van der Waals surface area contributed by atoms with Crippen LogP contribution in [0, 0.1) is 0 Å². The molecule has 0 aliphatic rings. The highest BCUT2D eigenvalue weighted by molar-refractivity contribution is 5.98. The number of amidine groups is 1. The van der Waals surface area contributed by atoms with E-state index in [2.05, 4.69) is 10.1 Å². The molecule has 3 N–H and O–H groups in total. The Hall–Kier alpha value is -2.25. The Morgan fingerprint density at radius 1 is 1.61 bits per heavy atom. The second kappa shape index (κ2) is 5.89. The number of pyridine rings is 1. The van der Waals surface area contributed by atoms with Gasteiger partial charge in [-0.3, -0.25) is 9.78 Å². The van der Waals surface area contributed by atoms with Crippen LogP contribution < -0.4 is 5.73 Å². The number of alkyl halides is 2. The van der Waals surface area contributed by atoms with E-state index >= 15 is 0 Å². The molecule has 0 atom stereocenters. The van der Waals surface area contributed by atoms with Crippen LogP contribution in [0.4, 0.5) is 8.78 Å². The van der Waals surface area contributed by atoms with Gasteiger partial charge in [0.1, 0.15) is 5.69 Å². The molecule has 98 valence electrons. The molecule has 1 aromatic rings. The fourth-order valence-corrected chi connectivity index (χ4v) is 1.22. The summed E-state index contributed by atoms with van der Waals surface area (Å²) in [4.78, 5) is 16.3. The summed E-state index contributed by atoms with van der Waals surface area (Å²) in [7, 11) is 1.26. The highest BCUT2D eigenvalue weighted by Gasteiger charge is 2.17. The van der Waals surface area contributed by atoms with E-state index < -0.39 is 18.9 Å². The minimum absolute atomic E-state index is 0.00707. The molecular weight excluding hydrogens is 246 g/mol. The Bertz CT molecular complexity index is 448. The first-order valence-electron chi connectivity index (χ1n) is 4.93. The van der Waals surface area contributed by atoms with E-state index in [0.29, 0.717) is 5.56 Å². The van der Waals surface area contributed by atoms with Gasteiger partial charge in [0, 0.05) is 18.8 Å². The first kappa shape index (κ1) is 13.8. The molecule has 1 heterocycles. The molecule has 1 aromatic heterocycles. The van der Waals surface area contributed by atoms with Crippen molar-refractivity contribution in [2.45, 2.75) is 6.43 Å². The normalized spacial score (nSPS) is 11.7. The number of rotatable bonds is 4. The summed E-state index contributed by atoms with van der Waals surface area (Å²) in [6, 6.07) is 2.73. The summed E-state index contributed by atoms with van der Waals surface area (Å²) >= 11 is 0. The van der Waals surface area contributed by atoms with Crippen LogP contribution in [0.5, 0.6) is 0 Å². The van der Waals surface area contributed by atoms with Crippen LogP contribution in [0.2, 0.25) is 0 Å². The highest BCUT2D eigenvalue weighted by Crippen LogP contribution is 2.05. The lowest BCUT2D eigenvalue weighted by atomic mass is 10.2. The summed E-state index contributed by atoms with van der Waals surface area (Å²) in [6.45, 7) is -0.664. The average Bonchev–Trinajstić information content (AvgIpc) is 2.36. The summed E-state index contributed by atoms with van der Waals surface area (Å²) in [5.74, 6) is -0.774. The topological polar surface area (TPSA) is 91.8 Å². The lowest BCUT2D eigenvalue weighted by molar-refractivity contribution is 0.0615. The van der Waals surface area contributed by atoms with E-state index in [1.165, 1.54) is 25.4 Å². The number of hydrogen-bond acceptors (Lipinski definition) is 4. The molecule has 0 unspecified atom stereocenters. The molecule has 0 aliphatic heterocycles. The number of aromatic nitrogens is 1. The predicted molar refractivity (Wildman–Crippen MR) is 59.7 cm³/mol. The van der Waals surface area contributed by atoms with Crippen molar-refractivity contribution in [1.29, 1.82) is 0 Å². The molecule has 0 aromatic carbocycles. The van der Waals surface area contributed by atoms with Crippen molar-refractivity contribution in [2.24, 2.45) is 10.9 Å². The van der Waals surface area contributed by atoms with E-state index in [9.17, 15) is 13.6 Å². The van der Waals surface area contributed by atoms with Crippen molar-refractivity contribution in [2.75, 3.05) is 13.6 Å². The number of amides is 1. The van der Waals surface area contributed by atoms with Gasteiger partial charge in [-0.2, -0.15) is 0 Å². The van der Waals surface area contributed by atoms with Crippen LogP contribution in [-0.2, 0) is 0 Å². The number of oxime groups is 1. The third-order valence-corrected chi connectivity index (χ3v) is 2.14. The maximum atomic E-state index is 12.1. The molecule has 0 saturated carbocycles. The average molecular weight is 258 g/mol. The fourth-order valence-electron chi connectivity index (χ4n) is 1.22. The predicted octanol–water partition coefficient (Wildman–Crippen LogP) is 0.513. The third kappa shape index (κ3) is 3.37. The number of carbonyl (C=O) groups is 1. The molecule has 0 fully saturated rings. The van der Waals surface area contributed by atoms with Crippen LogP contribution in [0.3, 0.4) is 0 Å². The fraction of sp³-hybridized carbons (Fsp3) is 0.300. The molecular formula is C10H12F2N4O2. The molecule has 1 amide bonds. The van der Waals surface area contributed by atoms with Gasteiger partial charge >= 0.3 is 0 Å². The molecule has 0 saturated heterocycles. The SMILES string of the molecule is CN(CC(F)F)C(=O)c1ccc(/C(N)=N/O)cn1. The van der Waals surface area contributed by atoms with Crippen LogP contribution in [0.1, 0.15) is 16.1 Å². The monoisotopic (exact) mass is 258 g/mol. The summed E-state index contributed by atoms with van der Waals surface area (Å²) in [6.07, 6.45) is -1.38. The lowest BCUT2D eigenvalue weighted by Gasteiger charge is -2.15. The van der Waals surface area contributed by atoms with Crippen LogP contribution >= 0.6 is 0 Å². The zero-order valence-electron chi connectivity index (χ0n) is 9.55. The Kier molecular flexibility index (Phi) is 4.52. The Balaban J connectivity index is 2.82. The number of halogens is 2. The smallest absolute Gasteiger partial charge is 0.272 e. The van der Waals surface area contributed by atoms with Crippen molar-refractivity contribution >= 4 is 11.7 Å². The van der Waals surface area contributed by atoms with Crippen LogP contribution in [-0.4, -0.2) is 46.9 Å². The molecule has 8 heteroatoms. The van der Waals surface area contributed by atoms with Gasteiger partial charge in [0.15, 0.2) is 5.84 Å². The molecule has 18 heavy (non-hydrogen) atoms. The van der Waals surface area contributed by atoms with Crippen molar-refractivity contribution in [3.8, 4) is 0 Å². The van der Waals surface area contributed by atoms with Gasteiger partial charge in [0.05, 0.1) is 6.54 Å². The Morgan fingerprint density at radius 2 is 2.28 bits per heavy atom. The van der Waals surface area contributed by atoms with Crippen molar-refractivity contribution in [1.82, 2.24) is 9.88 Å². The minimum atomic E-state index is -2.60. The van der Waals surface area contributed by atoms with Gasteiger partial charge in [-0.1, -0.05) is 5.16 Å². The van der Waals surface area contributed by atoms with Crippen LogP contribution in [0.25, 0.3) is 0 Å². The molecule has 1 rings (SSSR count). The summed E-state index contributed by atoms with van der Waals surface area (Å²) in [5, 5.41) is 11.2.